The van der Waals surface area contributed by atoms with Crippen LogP contribution in [0.3, 0.4) is 0 Å². The normalized spacial score (nSPS) is 10.6. The number of aromatic nitrogens is 1. The number of carbonyl (C=O) groups is 2. The third-order valence-corrected chi connectivity index (χ3v) is 2.17. The van der Waals surface area contributed by atoms with E-state index in [1.807, 2.05) is 18.2 Å². The summed E-state index contributed by atoms with van der Waals surface area (Å²) in [5, 5.41) is 0. The van der Waals surface area contributed by atoms with Gasteiger partial charge in [-0.25, -0.2) is 0 Å². The molecule has 3 nitrogen and oxygen atoms in total. The van der Waals surface area contributed by atoms with Crippen LogP contribution in [-0.4, -0.2) is 16.6 Å². The molecule has 0 amide bonds. The molecule has 16 heavy (non-hydrogen) atoms. The van der Waals surface area contributed by atoms with E-state index < -0.39 is 0 Å². The highest BCUT2D eigenvalue weighted by atomic mass is 16.1. The van der Waals surface area contributed by atoms with Crippen molar-refractivity contribution in [3.05, 3.63) is 36.2 Å². The van der Waals surface area contributed by atoms with Gasteiger partial charge in [-0.05, 0) is 24.3 Å². The van der Waals surface area contributed by atoms with Crippen molar-refractivity contribution >= 4 is 17.6 Å². The van der Waals surface area contributed by atoms with E-state index in [0.29, 0.717) is 12.8 Å². The molecule has 0 unspecified atom stereocenters. The summed E-state index contributed by atoms with van der Waals surface area (Å²) in [5.74, 6) is 0.0899. The molecule has 0 N–H and O–H groups in total. The van der Waals surface area contributed by atoms with Crippen molar-refractivity contribution in [3.8, 4) is 0 Å². The molecule has 0 atom stereocenters. The zero-order valence-corrected chi connectivity index (χ0v) is 9.35. The minimum Gasteiger partial charge on any atom is -0.300 e. The highest BCUT2D eigenvalue weighted by molar-refractivity contribution is 5.95. The fourth-order valence-electron chi connectivity index (χ4n) is 1.18. The Labute approximate surface area is 95.2 Å². The summed E-state index contributed by atoms with van der Waals surface area (Å²) in [6.07, 6.45) is 5.93. The number of hydrogen-bond acceptors (Lipinski definition) is 3. The van der Waals surface area contributed by atoms with Crippen molar-refractivity contribution in [1.29, 1.82) is 0 Å². The summed E-state index contributed by atoms with van der Waals surface area (Å²) in [7, 11) is 0. The Morgan fingerprint density at radius 2 is 2.12 bits per heavy atom. The van der Waals surface area contributed by atoms with Crippen LogP contribution in [0, 0.1) is 0 Å². The van der Waals surface area contributed by atoms with Crippen molar-refractivity contribution in [1.82, 2.24) is 4.98 Å². The molecule has 3 heteroatoms. The van der Waals surface area contributed by atoms with Crippen LogP contribution in [0.4, 0.5) is 0 Å². The fourth-order valence-corrected chi connectivity index (χ4v) is 1.18. The molecule has 0 aliphatic carbocycles. The number of carbonyl (C=O) groups excluding carboxylic acids is 2. The number of rotatable bonds is 6. The van der Waals surface area contributed by atoms with Gasteiger partial charge in [0.2, 0.25) is 0 Å². The van der Waals surface area contributed by atoms with Gasteiger partial charge < -0.3 is 0 Å². The molecule has 0 fully saturated rings. The highest BCUT2D eigenvalue weighted by Crippen LogP contribution is 2.00. The molecular weight excluding hydrogens is 202 g/mol. The van der Waals surface area contributed by atoms with Gasteiger partial charge in [0.25, 0.3) is 0 Å². The quantitative estimate of drug-likeness (QED) is 0.687. The molecule has 1 aromatic rings. The van der Waals surface area contributed by atoms with Crippen molar-refractivity contribution in [2.24, 2.45) is 0 Å². The molecule has 84 valence electrons. The highest BCUT2D eigenvalue weighted by Gasteiger charge is 2.02. The number of Topliss-reactive ketones (excluding diaryl/α,β-unsaturated/α-hetero) is 1. The topological polar surface area (TPSA) is 47.0 Å². The van der Waals surface area contributed by atoms with E-state index in [2.05, 4.69) is 4.98 Å². The summed E-state index contributed by atoms with van der Waals surface area (Å²) in [4.78, 5) is 26.4. The van der Waals surface area contributed by atoms with Crippen LogP contribution in [0.15, 0.2) is 30.5 Å². The molecule has 0 bridgehead atoms. The van der Waals surface area contributed by atoms with Crippen LogP contribution < -0.4 is 0 Å². The first-order valence-electron chi connectivity index (χ1n) is 5.36. The Morgan fingerprint density at radius 1 is 1.31 bits per heavy atom. The Bertz CT molecular complexity index is 382. The van der Waals surface area contributed by atoms with Gasteiger partial charge in [0.1, 0.15) is 5.78 Å². The lowest BCUT2D eigenvalue weighted by atomic mass is 10.1. The van der Waals surface area contributed by atoms with E-state index in [1.54, 1.807) is 19.2 Å². The molecule has 0 aliphatic rings. The van der Waals surface area contributed by atoms with Gasteiger partial charge in [-0.3, -0.25) is 14.6 Å². The minimum absolute atomic E-state index is 0.0348. The Balaban J connectivity index is 2.40. The third-order valence-electron chi connectivity index (χ3n) is 2.17. The Kier molecular flexibility index (Phi) is 5.12. The molecule has 1 aromatic heterocycles. The van der Waals surface area contributed by atoms with Gasteiger partial charge >= 0.3 is 0 Å². The van der Waals surface area contributed by atoms with Crippen molar-refractivity contribution in [2.75, 3.05) is 0 Å². The SMILES string of the molecule is CCC(=O)CCC(=O)/C=C/c1ccccn1. The number of hydrogen-bond donors (Lipinski definition) is 0. The number of ketones is 2. The van der Waals surface area contributed by atoms with Crippen LogP contribution in [-0.2, 0) is 9.59 Å². The minimum atomic E-state index is -0.0348. The van der Waals surface area contributed by atoms with Crippen molar-refractivity contribution < 1.29 is 9.59 Å². The molecule has 0 aromatic carbocycles. The maximum atomic E-state index is 11.4. The molecule has 0 spiro atoms. The van der Waals surface area contributed by atoms with Gasteiger partial charge in [0.15, 0.2) is 5.78 Å². The second-order valence-corrected chi connectivity index (χ2v) is 3.45. The van der Waals surface area contributed by atoms with Crippen LogP contribution >= 0.6 is 0 Å². The summed E-state index contributed by atoms with van der Waals surface area (Å²) in [6.45, 7) is 1.80. The van der Waals surface area contributed by atoms with Gasteiger partial charge in [0, 0.05) is 25.5 Å². The van der Waals surface area contributed by atoms with E-state index in [9.17, 15) is 9.59 Å². The molecule has 0 saturated carbocycles. The number of allylic oxidation sites excluding steroid dienone is 1. The van der Waals surface area contributed by atoms with Gasteiger partial charge in [-0.1, -0.05) is 13.0 Å². The van der Waals surface area contributed by atoms with E-state index in [-0.39, 0.29) is 18.0 Å². The monoisotopic (exact) mass is 217 g/mol. The van der Waals surface area contributed by atoms with Crippen molar-refractivity contribution in [3.63, 3.8) is 0 Å². The van der Waals surface area contributed by atoms with Crippen LogP contribution in [0.2, 0.25) is 0 Å². The number of nitrogens with zero attached hydrogens (tertiary/aromatic N) is 1. The summed E-state index contributed by atoms with van der Waals surface area (Å²) < 4.78 is 0. The van der Waals surface area contributed by atoms with Gasteiger partial charge in [-0.2, -0.15) is 0 Å². The largest absolute Gasteiger partial charge is 0.300 e. The average Bonchev–Trinajstić information content (AvgIpc) is 2.34. The number of pyridine rings is 1. The fraction of sp³-hybridized carbons (Fsp3) is 0.308. The molecule has 0 saturated heterocycles. The summed E-state index contributed by atoms with van der Waals surface area (Å²) in [6, 6.07) is 5.50. The molecule has 1 rings (SSSR count). The van der Waals surface area contributed by atoms with Crippen LogP contribution in [0.5, 0.6) is 0 Å². The van der Waals surface area contributed by atoms with E-state index >= 15 is 0 Å². The zero-order valence-electron chi connectivity index (χ0n) is 9.35. The smallest absolute Gasteiger partial charge is 0.156 e. The van der Waals surface area contributed by atoms with Crippen LogP contribution in [0.1, 0.15) is 31.9 Å². The van der Waals surface area contributed by atoms with E-state index in [4.69, 9.17) is 0 Å². The first-order chi connectivity index (χ1) is 7.72. The molecule has 0 aliphatic heterocycles. The van der Waals surface area contributed by atoms with Crippen molar-refractivity contribution in [2.45, 2.75) is 26.2 Å². The first kappa shape index (κ1) is 12.3. The van der Waals surface area contributed by atoms with Gasteiger partial charge in [-0.15, -0.1) is 0 Å². The predicted octanol–water partition coefficient (Wildman–Crippen LogP) is 2.42. The lowest BCUT2D eigenvalue weighted by Crippen LogP contribution is -2.00. The lowest BCUT2D eigenvalue weighted by molar-refractivity contribution is -0.122. The van der Waals surface area contributed by atoms with E-state index in [1.165, 1.54) is 6.08 Å². The molecule has 0 radical (unpaired) electrons. The maximum absolute atomic E-state index is 11.4. The second kappa shape index (κ2) is 6.67. The second-order valence-electron chi connectivity index (χ2n) is 3.45. The standard InChI is InChI=1S/C13H15NO2/c1-2-12(15)8-9-13(16)7-6-11-5-3-4-10-14-11/h3-7,10H,2,8-9H2,1H3/b7-6+. The zero-order chi connectivity index (χ0) is 11.8. The predicted molar refractivity (Wildman–Crippen MR) is 62.8 cm³/mol. The summed E-state index contributed by atoms with van der Waals surface area (Å²) >= 11 is 0. The van der Waals surface area contributed by atoms with Gasteiger partial charge in [0.05, 0.1) is 5.69 Å². The first-order valence-corrected chi connectivity index (χ1v) is 5.36. The maximum Gasteiger partial charge on any atom is 0.156 e. The van der Waals surface area contributed by atoms with E-state index in [0.717, 1.165) is 5.69 Å². The third kappa shape index (κ3) is 4.64. The molecular formula is C13H15NO2. The Morgan fingerprint density at radius 3 is 2.75 bits per heavy atom. The lowest BCUT2D eigenvalue weighted by Gasteiger charge is -1.94. The average molecular weight is 217 g/mol. The Hall–Kier alpha value is -1.77. The van der Waals surface area contributed by atoms with Crippen LogP contribution in [0.25, 0.3) is 6.08 Å². The summed E-state index contributed by atoms with van der Waals surface area (Å²) in [5.41, 5.74) is 0.748. The molecule has 1 heterocycles.